The maximum Gasteiger partial charge on any atom is 0.339 e. The molecule has 2 aromatic heterocycles. The highest BCUT2D eigenvalue weighted by Crippen LogP contribution is 2.37. The summed E-state index contributed by atoms with van der Waals surface area (Å²) in [6, 6.07) is 8.96. The van der Waals surface area contributed by atoms with Gasteiger partial charge in [0.25, 0.3) is 5.91 Å². The second kappa shape index (κ2) is 7.27. The first-order chi connectivity index (χ1) is 13.4. The van der Waals surface area contributed by atoms with Crippen LogP contribution >= 0.6 is 34.5 Å². The van der Waals surface area contributed by atoms with Gasteiger partial charge in [0.1, 0.15) is 16.9 Å². The molecule has 10 heteroatoms. The molecule has 0 saturated heterocycles. The lowest BCUT2D eigenvalue weighted by atomic mass is 10.1. The number of anilines is 1. The summed E-state index contributed by atoms with van der Waals surface area (Å²) in [5.41, 5.74) is 1.28. The van der Waals surface area contributed by atoms with Crippen molar-refractivity contribution < 1.29 is 19.1 Å². The fourth-order valence-electron chi connectivity index (χ4n) is 2.63. The Morgan fingerprint density at radius 3 is 2.75 bits per heavy atom. The Morgan fingerprint density at radius 1 is 1.18 bits per heavy atom. The lowest BCUT2D eigenvalue weighted by Gasteiger charge is -2.07. The van der Waals surface area contributed by atoms with Gasteiger partial charge in [-0.2, -0.15) is 0 Å². The maximum atomic E-state index is 13.8. The third kappa shape index (κ3) is 3.35. The van der Waals surface area contributed by atoms with Crippen LogP contribution in [0, 0.1) is 5.82 Å². The van der Waals surface area contributed by atoms with Crippen molar-refractivity contribution in [2.75, 3.05) is 5.32 Å². The smallest absolute Gasteiger partial charge is 0.339 e. The first-order valence-electron chi connectivity index (χ1n) is 7.77. The number of carboxylic acids is 1. The zero-order valence-corrected chi connectivity index (χ0v) is 16.2. The van der Waals surface area contributed by atoms with Gasteiger partial charge in [-0.05, 0) is 47.4 Å². The number of nitrogens with one attached hydrogen (secondary N) is 1. The Bertz CT molecular complexity index is 1240. The van der Waals surface area contributed by atoms with Crippen molar-refractivity contribution in [2.45, 2.75) is 0 Å². The standard InChI is InChI=1S/C18H9ClFN3O3S2/c19-10-3-1-8(5-11(10)20)16-15(18(25)26)13(7-27-16)21-17(24)9-2-4-14-12(6-9)22-23-28-14/h1-7H,(H,21,24)(H,25,26). The normalized spacial score (nSPS) is 10.9. The number of carbonyl (C=O) groups excluding carboxylic acids is 1. The van der Waals surface area contributed by atoms with Gasteiger partial charge in [-0.3, -0.25) is 4.79 Å². The number of rotatable bonds is 4. The molecule has 6 nitrogen and oxygen atoms in total. The van der Waals surface area contributed by atoms with Crippen molar-refractivity contribution in [1.29, 1.82) is 0 Å². The first kappa shape index (κ1) is 18.5. The van der Waals surface area contributed by atoms with Gasteiger partial charge >= 0.3 is 5.97 Å². The van der Waals surface area contributed by atoms with Crippen molar-refractivity contribution >= 4 is 62.3 Å². The van der Waals surface area contributed by atoms with Crippen molar-refractivity contribution in [3.05, 3.63) is 63.7 Å². The summed E-state index contributed by atoms with van der Waals surface area (Å²) in [5.74, 6) is -2.37. The van der Waals surface area contributed by atoms with E-state index < -0.39 is 17.7 Å². The second-order valence-electron chi connectivity index (χ2n) is 5.70. The van der Waals surface area contributed by atoms with Crippen LogP contribution in [0.2, 0.25) is 5.02 Å². The molecule has 0 radical (unpaired) electrons. The number of aromatic carboxylic acids is 1. The molecule has 2 heterocycles. The molecule has 28 heavy (non-hydrogen) atoms. The highest BCUT2D eigenvalue weighted by molar-refractivity contribution is 7.14. The molecule has 0 aliphatic rings. The number of hydrogen-bond acceptors (Lipinski definition) is 6. The Labute approximate surface area is 170 Å². The zero-order chi connectivity index (χ0) is 19.8. The number of carboxylic acid groups (broad SMARTS) is 1. The minimum Gasteiger partial charge on any atom is -0.478 e. The lowest BCUT2D eigenvalue weighted by Crippen LogP contribution is -2.14. The molecule has 0 aliphatic heterocycles. The second-order valence-corrected chi connectivity index (χ2v) is 7.77. The number of nitrogens with zero attached hydrogens (tertiary/aromatic N) is 2. The van der Waals surface area contributed by atoms with Gasteiger partial charge in [0, 0.05) is 10.9 Å². The van der Waals surface area contributed by atoms with Gasteiger partial charge in [-0.1, -0.05) is 22.2 Å². The average Bonchev–Trinajstić information content (AvgIpc) is 3.30. The summed E-state index contributed by atoms with van der Waals surface area (Å²) < 4.78 is 18.4. The number of aromatic nitrogens is 2. The van der Waals surface area contributed by atoms with E-state index in [1.54, 1.807) is 18.2 Å². The van der Waals surface area contributed by atoms with Gasteiger partial charge < -0.3 is 10.4 Å². The molecule has 0 spiro atoms. The van der Waals surface area contributed by atoms with E-state index in [4.69, 9.17) is 11.6 Å². The Balaban J connectivity index is 1.69. The van der Waals surface area contributed by atoms with Gasteiger partial charge in [0.15, 0.2) is 0 Å². The Hall–Kier alpha value is -2.88. The molecule has 0 aliphatic carbocycles. The van der Waals surface area contributed by atoms with Crippen LogP contribution < -0.4 is 5.32 Å². The molecule has 1 amide bonds. The fraction of sp³-hybridized carbons (Fsp3) is 0. The fourth-order valence-corrected chi connectivity index (χ4v) is 4.28. The first-order valence-corrected chi connectivity index (χ1v) is 9.81. The molecule has 0 saturated carbocycles. The van der Waals surface area contributed by atoms with E-state index in [2.05, 4.69) is 14.9 Å². The predicted octanol–water partition coefficient (Wildman–Crippen LogP) is 5.16. The lowest BCUT2D eigenvalue weighted by molar-refractivity contribution is 0.0699. The highest BCUT2D eigenvalue weighted by Gasteiger charge is 2.22. The zero-order valence-electron chi connectivity index (χ0n) is 13.8. The summed E-state index contributed by atoms with van der Waals surface area (Å²) in [4.78, 5) is 24.7. The number of hydrogen-bond donors (Lipinski definition) is 2. The van der Waals surface area contributed by atoms with Crippen molar-refractivity contribution in [1.82, 2.24) is 9.59 Å². The summed E-state index contributed by atoms with van der Waals surface area (Å²) >= 11 is 7.99. The van der Waals surface area contributed by atoms with Crippen molar-refractivity contribution in [3.8, 4) is 10.4 Å². The van der Waals surface area contributed by atoms with Crippen LogP contribution in [0.3, 0.4) is 0 Å². The summed E-state index contributed by atoms with van der Waals surface area (Å²) in [6.07, 6.45) is 0. The van der Waals surface area contributed by atoms with E-state index in [1.165, 1.54) is 29.0 Å². The largest absolute Gasteiger partial charge is 0.478 e. The highest BCUT2D eigenvalue weighted by atomic mass is 35.5. The number of halogens is 2. The molecule has 2 N–H and O–H groups in total. The molecule has 0 atom stereocenters. The molecule has 2 aromatic carbocycles. The molecule has 0 fully saturated rings. The van der Waals surface area contributed by atoms with Crippen LogP contribution in [0.4, 0.5) is 10.1 Å². The number of carbonyl (C=O) groups is 2. The molecule has 4 rings (SSSR count). The molecule has 0 unspecified atom stereocenters. The van der Waals surface area contributed by atoms with E-state index in [0.29, 0.717) is 21.5 Å². The third-order valence-corrected chi connectivity index (χ3v) is 5.98. The summed E-state index contributed by atoms with van der Waals surface area (Å²) in [7, 11) is 0. The monoisotopic (exact) mass is 433 g/mol. The van der Waals surface area contributed by atoms with E-state index in [1.807, 2.05) is 0 Å². The molecular formula is C18H9ClFN3O3S2. The van der Waals surface area contributed by atoms with Crippen molar-refractivity contribution in [3.63, 3.8) is 0 Å². The summed E-state index contributed by atoms with van der Waals surface area (Å²) in [5, 5.41) is 17.6. The molecule has 4 aromatic rings. The van der Waals surface area contributed by atoms with Crippen LogP contribution in [0.5, 0.6) is 0 Å². The number of benzene rings is 2. The van der Waals surface area contributed by atoms with Gasteiger partial charge in [-0.25, -0.2) is 9.18 Å². The van der Waals surface area contributed by atoms with E-state index in [-0.39, 0.29) is 16.3 Å². The van der Waals surface area contributed by atoms with Crippen LogP contribution in [0.15, 0.2) is 41.8 Å². The Morgan fingerprint density at radius 2 is 2.00 bits per heavy atom. The SMILES string of the molecule is O=C(Nc1csc(-c2ccc(Cl)c(F)c2)c1C(=O)O)c1ccc2snnc2c1. The molecular weight excluding hydrogens is 425 g/mol. The topological polar surface area (TPSA) is 92.2 Å². The number of fused-ring (bicyclic) bond motifs is 1. The minimum atomic E-state index is -1.24. The maximum absolute atomic E-state index is 13.8. The van der Waals surface area contributed by atoms with Crippen LogP contribution in [0.25, 0.3) is 20.7 Å². The number of thiophene rings is 1. The van der Waals surface area contributed by atoms with Gasteiger partial charge in [-0.15, -0.1) is 16.4 Å². The van der Waals surface area contributed by atoms with Crippen LogP contribution in [0.1, 0.15) is 20.7 Å². The van der Waals surface area contributed by atoms with Gasteiger partial charge in [0.05, 0.1) is 20.3 Å². The van der Waals surface area contributed by atoms with Gasteiger partial charge in [0.2, 0.25) is 0 Å². The van der Waals surface area contributed by atoms with E-state index >= 15 is 0 Å². The number of amides is 1. The van der Waals surface area contributed by atoms with E-state index in [9.17, 15) is 19.1 Å². The average molecular weight is 434 g/mol. The quantitative estimate of drug-likeness (QED) is 0.463. The van der Waals surface area contributed by atoms with E-state index in [0.717, 1.165) is 22.1 Å². The van der Waals surface area contributed by atoms with Crippen LogP contribution in [-0.2, 0) is 0 Å². The minimum absolute atomic E-state index is 0.0578. The third-order valence-electron chi connectivity index (χ3n) is 3.94. The molecule has 140 valence electrons. The van der Waals surface area contributed by atoms with Crippen LogP contribution in [-0.4, -0.2) is 26.6 Å². The molecule has 0 bridgehead atoms. The summed E-state index contributed by atoms with van der Waals surface area (Å²) in [6.45, 7) is 0. The predicted molar refractivity (Wildman–Crippen MR) is 107 cm³/mol. The van der Waals surface area contributed by atoms with Crippen molar-refractivity contribution in [2.24, 2.45) is 0 Å². The Kier molecular flexibility index (Phi) is 4.80.